The van der Waals surface area contributed by atoms with Crippen LogP contribution in [0.15, 0.2) is 36.4 Å². The molecule has 0 saturated carbocycles. The van der Waals surface area contributed by atoms with Crippen molar-refractivity contribution in [2.45, 2.75) is 53.3 Å². The molecule has 0 radical (unpaired) electrons. The van der Waals surface area contributed by atoms with Crippen LogP contribution in [-0.2, 0) is 22.6 Å². The molecule has 1 heterocycles. The summed E-state index contributed by atoms with van der Waals surface area (Å²) in [5.74, 6) is 0.197. The molecule has 0 spiro atoms. The predicted octanol–water partition coefficient (Wildman–Crippen LogP) is 4.48. The van der Waals surface area contributed by atoms with Crippen LogP contribution in [0, 0.1) is 19.7 Å². The van der Waals surface area contributed by atoms with Crippen LogP contribution in [0.3, 0.4) is 0 Å². The van der Waals surface area contributed by atoms with E-state index in [1.165, 1.54) is 17.7 Å². The largest absolute Gasteiger partial charge is 0.476 e. The maximum Gasteiger partial charge on any atom is 0.349 e. The third-order valence-electron chi connectivity index (χ3n) is 5.83. The summed E-state index contributed by atoms with van der Waals surface area (Å²) >= 11 is 0. The molecule has 32 heavy (non-hydrogen) atoms. The van der Waals surface area contributed by atoms with E-state index in [4.69, 9.17) is 9.47 Å². The molecule has 2 aromatic carbocycles. The van der Waals surface area contributed by atoms with Gasteiger partial charge in [-0.1, -0.05) is 24.3 Å². The highest BCUT2D eigenvalue weighted by atomic mass is 19.1. The Morgan fingerprint density at radius 2 is 1.44 bits per heavy atom. The number of hydrogen-bond donors (Lipinski definition) is 0. The Labute approximate surface area is 191 Å². The summed E-state index contributed by atoms with van der Waals surface area (Å²) in [4.78, 5) is 17.1. The van der Waals surface area contributed by atoms with Crippen LogP contribution in [0.25, 0.3) is 0 Å². The molecule has 0 unspecified atom stereocenters. The molecule has 0 atom stereocenters. The number of ether oxygens (including phenoxy) is 2. The third-order valence-corrected chi connectivity index (χ3v) is 5.83. The van der Waals surface area contributed by atoms with Gasteiger partial charge in [0.25, 0.3) is 0 Å². The quantitative estimate of drug-likeness (QED) is 0.564. The third kappa shape index (κ3) is 6.30. The second-order valence-electron chi connectivity index (χ2n) is 9.07. The maximum atomic E-state index is 13.1. The molecule has 1 saturated heterocycles. The first kappa shape index (κ1) is 24.2. The summed E-state index contributed by atoms with van der Waals surface area (Å²) in [5, 5.41) is 0. The smallest absolute Gasteiger partial charge is 0.349 e. The number of benzene rings is 2. The van der Waals surface area contributed by atoms with Gasteiger partial charge in [0.1, 0.15) is 11.6 Å². The van der Waals surface area contributed by atoms with Gasteiger partial charge in [-0.2, -0.15) is 0 Å². The number of halogens is 1. The molecule has 6 heteroatoms. The Kier molecular flexibility index (Phi) is 7.91. The molecular formula is C26H35FN2O3. The number of nitrogens with zero attached hydrogens (tertiary/aromatic N) is 2. The Morgan fingerprint density at radius 3 is 1.94 bits per heavy atom. The number of rotatable bonds is 8. The van der Waals surface area contributed by atoms with Crippen molar-refractivity contribution in [2.24, 2.45) is 0 Å². The lowest BCUT2D eigenvalue weighted by atomic mass is 10.0. The number of aryl methyl sites for hydroxylation is 2. The fourth-order valence-electron chi connectivity index (χ4n) is 4.11. The molecule has 3 rings (SSSR count). The molecule has 0 aromatic heterocycles. The van der Waals surface area contributed by atoms with E-state index in [0.717, 1.165) is 61.7 Å². The van der Waals surface area contributed by atoms with Gasteiger partial charge < -0.3 is 9.47 Å². The summed E-state index contributed by atoms with van der Waals surface area (Å²) in [6.45, 7) is 15.4. The summed E-state index contributed by atoms with van der Waals surface area (Å²) in [6, 6.07) is 11.1. The van der Waals surface area contributed by atoms with Crippen molar-refractivity contribution < 1.29 is 18.7 Å². The van der Waals surface area contributed by atoms with Gasteiger partial charge in [0, 0.05) is 39.3 Å². The van der Waals surface area contributed by atoms with Gasteiger partial charge in [-0.05, 0) is 69.0 Å². The van der Waals surface area contributed by atoms with Crippen LogP contribution in [0.4, 0.5) is 4.39 Å². The van der Waals surface area contributed by atoms with E-state index >= 15 is 0 Å². The van der Waals surface area contributed by atoms with Crippen LogP contribution in [0.1, 0.15) is 43.0 Å². The molecule has 1 fully saturated rings. The summed E-state index contributed by atoms with van der Waals surface area (Å²) in [5.41, 5.74) is 3.40. The van der Waals surface area contributed by atoms with Crippen molar-refractivity contribution in [3.8, 4) is 5.75 Å². The summed E-state index contributed by atoms with van der Waals surface area (Å²) in [6.07, 6.45) is 0. The van der Waals surface area contributed by atoms with Gasteiger partial charge in [0.15, 0.2) is 5.60 Å². The highest BCUT2D eigenvalue weighted by Crippen LogP contribution is 2.29. The lowest BCUT2D eigenvalue weighted by Gasteiger charge is -2.35. The first-order valence-corrected chi connectivity index (χ1v) is 11.3. The number of carbonyl (C=O) groups is 1. The lowest BCUT2D eigenvalue weighted by Crippen LogP contribution is -2.45. The molecule has 0 bridgehead atoms. The standard InChI is InChI=1S/C26H35FN2O3/c1-6-31-25(30)26(4,5)32-24-19(2)15-22(16-20(24)3)18-29-13-11-28(12-14-29)17-21-7-9-23(27)10-8-21/h7-10,15-16H,6,11-14,17-18H2,1-5H3. The van der Waals surface area contributed by atoms with E-state index in [1.54, 1.807) is 20.8 Å². The highest BCUT2D eigenvalue weighted by Gasteiger charge is 2.32. The zero-order valence-electron chi connectivity index (χ0n) is 19.9. The van der Waals surface area contributed by atoms with E-state index in [9.17, 15) is 9.18 Å². The summed E-state index contributed by atoms with van der Waals surface area (Å²) in [7, 11) is 0. The molecule has 0 aliphatic carbocycles. The predicted molar refractivity (Wildman–Crippen MR) is 124 cm³/mol. The Morgan fingerprint density at radius 1 is 0.938 bits per heavy atom. The van der Waals surface area contributed by atoms with Gasteiger partial charge in [0.05, 0.1) is 6.61 Å². The van der Waals surface area contributed by atoms with E-state index < -0.39 is 5.60 Å². The average molecular weight is 443 g/mol. The fourth-order valence-corrected chi connectivity index (χ4v) is 4.11. The minimum absolute atomic E-state index is 0.190. The monoisotopic (exact) mass is 442 g/mol. The van der Waals surface area contributed by atoms with E-state index in [2.05, 4.69) is 21.9 Å². The maximum absolute atomic E-state index is 13.1. The van der Waals surface area contributed by atoms with Crippen molar-refractivity contribution in [3.05, 3.63) is 64.5 Å². The fraction of sp³-hybridized carbons (Fsp3) is 0.500. The molecule has 174 valence electrons. The minimum Gasteiger partial charge on any atom is -0.476 e. The van der Waals surface area contributed by atoms with Crippen LogP contribution in [0.5, 0.6) is 5.75 Å². The number of hydrogen-bond acceptors (Lipinski definition) is 5. The van der Waals surface area contributed by atoms with Gasteiger partial charge in [-0.15, -0.1) is 0 Å². The highest BCUT2D eigenvalue weighted by molar-refractivity contribution is 5.79. The van der Waals surface area contributed by atoms with Crippen molar-refractivity contribution in [2.75, 3.05) is 32.8 Å². The molecular weight excluding hydrogens is 407 g/mol. The zero-order valence-corrected chi connectivity index (χ0v) is 19.9. The van der Waals surface area contributed by atoms with Gasteiger partial charge in [-0.3, -0.25) is 9.80 Å². The Balaban J connectivity index is 1.57. The van der Waals surface area contributed by atoms with Crippen molar-refractivity contribution >= 4 is 5.97 Å². The van der Waals surface area contributed by atoms with Crippen molar-refractivity contribution in [1.29, 1.82) is 0 Å². The first-order valence-electron chi connectivity index (χ1n) is 11.3. The minimum atomic E-state index is -1.03. The topological polar surface area (TPSA) is 42.0 Å². The van der Waals surface area contributed by atoms with Crippen molar-refractivity contribution in [3.63, 3.8) is 0 Å². The van der Waals surface area contributed by atoms with E-state index in [0.29, 0.717) is 6.61 Å². The van der Waals surface area contributed by atoms with Crippen LogP contribution in [-0.4, -0.2) is 54.2 Å². The molecule has 5 nitrogen and oxygen atoms in total. The van der Waals surface area contributed by atoms with Crippen LogP contribution >= 0.6 is 0 Å². The number of esters is 1. The van der Waals surface area contributed by atoms with Gasteiger partial charge in [-0.25, -0.2) is 9.18 Å². The van der Waals surface area contributed by atoms with E-state index in [1.807, 2.05) is 26.0 Å². The second kappa shape index (κ2) is 10.5. The summed E-state index contributed by atoms with van der Waals surface area (Å²) < 4.78 is 24.3. The molecule has 0 N–H and O–H groups in total. The Hall–Kier alpha value is -2.44. The average Bonchev–Trinajstić information content (AvgIpc) is 2.74. The SMILES string of the molecule is CCOC(=O)C(C)(C)Oc1c(C)cc(CN2CCN(Cc3ccc(F)cc3)CC2)cc1C. The van der Waals surface area contributed by atoms with Crippen LogP contribution < -0.4 is 4.74 Å². The second-order valence-corrected chi connectivity index (χ2v) is 9.07. The first-order chi connectivity index (χ1) is 15.2. The lowest BCUT2D eigenvalue weighted by molar-refractivity contribution is -0.158. The van der Waals surface area contributed by atoms with Crippen LogP contribution in [0.2, 0.25) is 0 Å². The molecule has 1 aliphatic rings. The van der Waals surface area contributed by atoms with Gasteiger partial charge in [0.2, 0.25) is 0 Å². The number of piperazine rings is 1. The zero-order chi connectivity index (χ0) is 23.3. The normalized spacial score (nSPS) is 15.6. The van der Waals surface area contributed by atoms with Crippen molar-refractivity contribution in [1.82, 2.24) is 9.80 Å². The molecule has 2 aromatic rings. The van der Waals surface area contributed by atoms with E-state index in [-0.39, 0.29) is 11.8 Å². The number of carbonyl (C=O) groups excluding carboxylic acids is 1. The van der Waals surface area contributed by atoms with Gasteiger partial charge >= 0.3 is 5.97 Å². The molecule has 0 amide bonds. The molecule has 1 aliphatic heterocycles. The Bertz CT molecular complexity index is 896.